The summed E-state index contributed by atoms with van der Waals surface area (Å²) in [6, 6.07) is 5.72. The summed E-state index contributed by atoms with van der Waals surface area (Å²) in [4.78, 5) is 31.7. The summed E-state index contributed by atoms with van der Waals surface area (Å²) in [5.41, 5.74) is 5.94. The van der Waals surface area contributed by atoms with Gasteiger partial charge >= 0.3 is 12.2 Å². The van der Waals surface area contributed by atoms with Crippen molar-refractivity contribution in [3.05, 3.63) is 66.0 Å². The maximum absolute atomic E-state index is 14.8. The van der Waals surface area contributed by atoms with Gasteiger partial charge in [0.1, 0.15) is 29.2 Å². The van der Waals surface area contributed by atoms with Crippen molar-refractivity contribution >= 4 is 34.7 Å². The Labute approximate surface area is 188 Å². The van der Waals surface area contributed by atoms with Crippen molar-refractivity contribution in [3.63, 3.8) is 0 Å². The van der Waals surface area contributed by atoms with Crippen LogP contribution in [0.15, 0.2) is 48.9 Å². The third-order valence-corrected chi connectivity index (χ3v) is 4.80. The summed E-state index contributed by atoms with van der Waals surface area (Å²) in [6.07, 6.45) is -2.54. The number of carbonyl (C=O) groups is 2. The zero-order valence-electron chi connectivity index (χ0n) is 17.3. The van der Waals surface area contributed by atoms with Crippen LogP contribution in [0.3, 0.4) is 0 Å². The van der Waals surface area contributed by atoms with E-state index >= 15 is 0 Å². The van der Waals surface area contributed by atoms with E-state index in [4.69, 9.17) is 5.73 Å². The number of carbonyl (C=O) groups excluding carboxylic acids is 2. The lowest BCUT2D eigenvalue weighted by Crippen LogP contribution is -2.21. The highest BCUT2D eigenvalue weighted by molar-refractivity contribution is 6.01. The molecular formula is C21H15F4N7O2. The first-order valence-electron chi connectivity index (χ1n) is 9.59. The van der Waals surface area contributed by atoms with Crippen molar-refractivity contribution in [1.29, 1.82) is 0 Å². The molecule has 1 aromatic carbocycles. The maximum Gasteiger partial charge on any atom is 0.416 e. The molecule has 0 bridgehead atoms. The molecule has 3 heterocycles. The Hall–Kier alpha value is -4.55. The summed E-state index contributed by atoms with van der Waals surface area (Å²) < 4.78 is 54.5. The van der Waals surface area contributed by atoms with Crippen LogP contribution in [0.5, 0.6) is 0 Å². The SMILES string of the molecule is CC(=O)c1cc(-c2ccc(NC(=O)Nc3cc(C(F)(F)F)ccn3)c(F)c2)c2c(N)ncnn12. The van der Waals surface area contributed by atoms with Gasteiger partial charge in [0.15, 0.2) is 11.6 Å². The van der Waals surface area contributed by atoms with Gasteiger partial charge in [0, 0.05) is 18.7 Å². The lowest BCUT2D eigenvalue weighted by atomic mass is 10.1. The molecule has 0 atom stereocenters. The number of aromatic nitrogens is 4. The summed E-state index contributed by atoms with van der Waals surface area (Å²) in [5.74, 6) is -1.42. The summed E-state index contributed by atoms with van der Waals surface area (Å²) in [7, 11) is 0. The topological polar surface area (TPSA) is 127 Å². The predicted octanol–water partition coefficient (Wildman–Crippen LogP) is 4.38. The van der Waals surface area contributed by atoms with Crippen LogP contribution in [-0.4, -0.2) is 31.4 Å². The van der Waals surface area contributed by atoms with Crippen LogP contribution >= 0.6 is 0 Å². The zero-order chi connectivity index (χ0) is 24.6. The highest BCUT2D eigenvalue weighted by atomic mass is 19.4. The van der Waals surface area contributed by atoms with E-state index in [1.165, 1.54) is 36.0 Å². The molecule has 0 unspecified atom stereocenters. The monoisotopic (exact) mass is 473 g/mol. The Balaban J connectivity index is 1.59. The van der Waals surface area contributed by atoms with Crippen molar-refractivity contribution in [2.24, 2.45) is 0 Å². The van der Waals surface area contributed by atoms with Gasteiger partial charge in [-0.15, -0.1) is 0 Å². The lowest BCUT2D eigenvalue weighted by Gasteiger charge is -2.11. The number of hydrogen-bond donors (Lipinski definition) is 3. The Morgan fingerprint density at radius 3 is 2.50 bits per heavy atom. The largest absolute Gasteiger partial charge is 0.416 e. The van der Waals surface area contributed by atoms with Crippen LogP contribution in [0, 0.1) is 5.82 Å². The molecule has 2 amide bonds. The Kier molecular flexibility index (Phi) is 5.61. The number of hydrogen-bond acceptors (Lipinski definition) is 6. The first-order chi connectivity index (χ1) is 16.0. The van der Waals surface area contributed by atoms with Crippen LogP contribution in [0.25, 0.3) is 16.6 Å². The Morgan fingerprint density at radius 2 is 1.82 bits per heavy atom. The molecule has 4 aromatic rings. The molecule has 0 aliphatic carbocycles. The number of halogens is 4. The number of rotatable bonds is 4. The molecule has 0 radical (unpaired) electrons. The minimum atomic E-state index is -4.61. The number of benzene rings is 1. The average molecular weight is 473 g/mol. The molecule has 3 aromatic heterocycles. The smallest absolute Gasteiger partial charge is 0.382 e. The molecule has 0 aliphatic heterocycles. The van der Waals surface area contributed by atoms with Gasteiger partial charge in [0.2, 0.25) is 0 Å². The molecule has 34 heavy (non-hydrogen) atoms. The number of ketones is 1. The number of pyridine rings is 1. The first-order valence-corrected chi connectivity index (χ1v) is 9.59. The van der Waals surface area contributed by atoms with Gasteiger partial charge in [-0.3, -0.25) is 10.1 Å². The molecule has 0 aliphatic rings. The van der Waals surface area contributed by atoms with Crippen molar-refractivity contribution in [2.75, 3.05) is 16.4 Å². The molecule has 13 heteroatoms. The normalized spacial score (nSPS) is 11.4. The fraction of sp³-hybridized carbons (Fsp3) is 0.0952. The number of nitrogens with zero attached hydrogens (tertiary/aromatic N) is 4. The molecule has 0 fully saturated rings. The van der Waals surface area contributed by atoms with Crippen LogP contribution in [-0.2, 0) is 6.18 Å². The van der Waals surface area contributed by atoms with E-state index in [0.717, 1.165) is 18.3 Å². The molecule has 0 saturated carbocycles. The third kappa shape index (κ3) is 4.35. The second kappa shape index (κ2) is 8.42. The fourth-order valence-corrected chi connectivity index (χ4v) is 3.27. The molecule has 0 spiro atoms. The molecular weight excluding hydrogens is 458 g/mol. The first kappa shape index (κ1) is 22.6. The van der Waals surface area contributed by atoms with Crippen LogP contribution in [0.1, 0.15) is 23.0 Å². The Morgan fingerprint density at radius 1 is 1.06 bits per heavy atom. The van der Waals surface area contributed by atoms with Gasteiger partial charge in [-0.05, 0) is 35.9 Å². The molecule has 174 valence electrons. The van der Waals surface area contributed by atoms with E-state index in [-0.39, 0.29) is 28.8 Å². The number of anilines is 3. The highest BCUT2D eigenvalue weighted by Crippen LogP contribution is 2.33. The van der Waals surface area contributed by atoms with Crippen molar-refractivity contribution in [3.8, 4) is 11.1 Å². The van der Waals surface area contributed by atoms with Gasteiger partial charge in [-0.25, -0.2) is 23.7 Å². The standard InChI is InChI=1S/C21H15F4N7O2/c1-10(33)16-8-13(18-19(26)28-9-29-32(16)18)11-2-3-15(14(22)6-11)30-20(34)31-17-7-12(4-5-27-17)21(23,24)25/h2-9H,1H3,(H2,26,28,29)(H2,27,30,31,34). The van der Waals surface area contributed by atoms with Gasteiger partial charge in [-0.1, -0.05) is 6.07 Å². The van der Waals surface area contributed by atoms with E-state index < -0.39 is 23.6 Å². The number of nitrogens with one attached hydrogen (secondary N) is 2. The van der Waals surface area contributed by atoms with Crippen molar-refractivity contribution in [1.82, 2.24) is 19.6 Å². The number of fused-ring (bicyclic) bond motifs is 1. The van der Waals surface area contributed by atoms with Crippen molar-refractivity contribution in [2.45, 2.75) is 13.1 Å². The molecule has 4 N–H and O–H groups in total. The van der Waals surface area contributed by atoms with Gasteiger partial charge < -0.3 is 11.1 Å². The summed E-state index contributed by atoms with van der Waals surface area (Å²) in [5, 5.41) is 8.35. The second-order valence-electron chi connectivity index (χ2n) is 7.11. The number of nitrogen functional groups attached to an aromatic ring is 1. The zero-order valence-corrected chi connectivity index (χ0v) is 17.3. The minimum Gasteiger partial charge on any atom is -0.382 e. The average Bonchev–Trinajstić information content (AvgIpc) is 3.16. The summed E-state index contributed by atoms with van der Waals surface area (Å²) >= 11 is 0. The van der Waals surface area contributed by atoms with Crippen LogP contribution in [0.4, 0.5) is 39.7 Å². The van der Waals surface area contributed by atoms with Gasteiger partial charge in [0.25, 0.3) is 0 Å². The number of alkyl halides is 3. The van der Waals surface area contributed by atoms with Gasteiger partial charge in [0.05, 0.1) is 11.3 Å². The maximum atomic E-state index is 14.8. The van der Waals surface area contributed by atoms with E-state index in [1.807, 2.05) is 0 Å². The lowest BCUT2D eigenvalue weighted by molar-refractivity contribution is -0.137. The molecule has 9 nitrogen and oxygen atoms in total. The predicted molar refractivity (Wildman–Crippen MR) is 115 cm³/mol. The van der Waals surface area contributed by atoms with Crippen LogP contribution < -0.4 is 16.4 Å². The fourth-order valence-electron chi connectivity index (χ4n) is 3.27. The van der Waals surface area contributed by atoms with Crippen LogP contribution in [0.2, 0.25) is 0 Å². The third-order valence-electron chi connectivity index (χ3n) is 4.80. The number of urea groups is 1. The Bertz CT molecular complexity index is 1430. The van der Waals surface area contributed by atoms with E-state index in [1.54, 1.807) is 0 Å². The van der Waals surface area contributed by atoms with E-state index in [2.05, 4.69) is 25.7 Å². The van der Waals surface area contributed by atoms with E-state index in [9.17, 15) is 27.2 Å². The highest BCUT2D eigenvalue weighted by Gasteiger charge is 2.31. The second-order valence-corrected chi connectivity index (χ2v) is 7.11. The van der Waals surface area contributed by atoms with Crippen molar-refractivity contribution < 1.29 is 27.2 Å². The molecule has 0 saturated heterocycles. The number of amides is 2. The van der Waals surface area contributed by atoms with E-state index in [0.29, 0.717) is 22.7 Å². The molecule has 4 rings (SSSR count). The number of nitrogens with two attached hydrogens (primary N) is 1. The minimum absolute atomic E-state index is 0.0769. The quantitative estimate of drug-likeness (QED) is 0.298. The number of Topliss-reactive ketones (excluding diaryl/α,β-unsaturated/α-hetero) is 1. The summed E-state index contributed by atoms with van der Waals surface area (Å²) in [6.45, 7) is 1.34. The van der Waals surface area contributed by atoms with Gasteiger partial charge in [-0.2, -0.15) is 18.3 Å².